The highest BCUT2D eigenvalue weighted by atomic mass is 32.1. The molecule has 0 N–H and O–H groups in total. The smallest absolute Gasteiger partial charge is 0.0621 e. The van der Waals surface area contributed by atoms with Gasteiger partial charge in [-0.15, -0.1) is 11.3 Å². The number of hydrogen-bond acceptors (Lipinski definition) is 1. The first kappa shape index (κ1) is 41.0. The molecule has 17 rings (SSSR count). The van der Waals surface area contributed by atoms with Crippen LogP contribution in [0.4, 0.5) is 0 Å². The van der Waals surface area contributed by atoms with E-state index in [-0.39, 0.29) is 0 Å². The Labute approximate surface area is 435 Å². The van der Waals surface area contributed by atoms with Gasteiger partial charge in [-0.2, -0.15) is 0 Å². The lowest BCUT2D eigenvalue weighted by atomic mass is 9.91. The average Bonchev–Trinajstić information content (AvgIpc) is 4.33. The highest BCUT2D eigenvalue weighted by Gasteiger charge is 2.26. The Balaban J connectivity index is 0.990. The van der Waals surface area contributed by atoms with Crippen molar-refractivity contribution in [2.75, 3.05) is 0 Å². The summed E-state index contributed by atoms with van der Waals surface area (Å²) < 4.78 is 7.79. The van der Waals surface area contributed by atoms with Crippen LogP contribution in [0.1, 0.15) is 0 Å². The maximum Gasteiger partial charge on any atom is 0.0621 e. The monoisotopic (exact) mass is 966 g/mol. The molecule has 12 aromatic carbocycles. The molecule has 0 fully saturated rings. The van der Waals surface area contributed by atoms with E-state index in [1.165, 1.54) is 163 Å². The summed E-state index contributed by atoms with van der Waals surface area (Å²) in [6, 6.07) is 95.3. The van der Waals surface area contributed by atoms with E-state index in [1.54, 1.807) is 0 Å². The average molecular weight is 967 g/mol. The van der Waals surface area contributed by atoms with E-state index >= 15 is 0 Å². The number of aromatic nitrogens is 2. The van der Waals surface area contributed by atoms with E-state index < -0.39 is 0 Å². The van der Waals surface area contributed by atoms with Gasteiger partial charge in [-0.3, -0.25) is 0 Å². The van der Waals surface area contributed by atoms with Gasteiger partial charge >= 0.3 is 0 Å². The minimum atomic E-state index is 1.20. The second-order valence-electron chi connectivity index (χ2n) is 20.4. The normalized spacial score (nSPS) is 12.3. The summed E-state index contributed by atoms with van der Waals surface area (Å²) >= 11 is 1.90. The SMILES string of the molecule is c1ccc(-c2cc(-c3ccccc3)cc(-c3cc4c5ccccc5n5c6cc7c8cc(-c9cc(-c%10ccccc%10)cc(-c%10ccccc%10)c9)cc9c%10c%11c(ccc%10n(c7cc6c(c3)c45)c89)sc3ccccc3%11)c2)cc1. The molecule has 0 saturated heterocycles. The summed E-state index contributed by atoms with van der Waals surface area (Å²) in [5.41, 5.74) is 22.0. The molecule has 0 unspecified atom stereocenters. The molecule has 0 spiro atoms. The molecule has 0 saturated carbocycles. The van der Waals surface area contributed by atoms with Crippen LogP contribution in [-0.2, 0) is 0 Å². The van der Waals surface area contributed by atoms with Gasteiger partial charge in [0.2, 0.25) is 0 Å². The van der Waals surface area contributed by atoms with Crippen LogP contribution in [0, 0.1) is 0 Å². The second kappa shape index (κ2) is 15.5. The van der Waals surface area contributed by atoms with Gasteiger partial charge in [-0.1, -0.05) is 158 Å². The van der Waals surface area contributed by atoms with Crippen molar-refractivity contribution in [3.05, 3.63) is 255 Å². The van der Waals surface area contributed by atoms with Crippen molar-refractivity contribution >= 4 is 108 Å². The van der Waals surface area contributed by atoms with Crippen molar-refractivity contribution in [1.82, 2.24) is 8.80 Å². The predicted molar refractivity (Wildman–Crippen MR) is 321 cm³/mol. The summed E-state index contributed by atoms with van der Waals surface area (Å²) in [5.74, 6) is 0. The van der Waals surface area contributed by atoms with E-state index in [0.29, 0.717) is 0 Å². The fraction of sp³-hybridized carbons (Fsp3) is 0. The molecule has 5 aromatic heterocycles. The van der Waals surface area contributed by atoms with E-state index in [4.69, 9.17) is 0 Å². The number of hydrogen-bond donors (Lipinski definition) is 0. The van der Waals surface area contributed by atoms with Crippen molar-refractivity contribution in [3.8, 4) is 66.8 Å². The van der Waals surface area contributed by atoms with Crippen LogP contribution in [0.25, 0.3) is 163 Å². The standard InChI is InChI=1S/C72H42N2S/c1-5-17-43(18-6-1)47-31-48(44-19-7-2-8-20-44)34-51(33-47)53-37-59-55-25-13-15-27-63(55)73-65-41-58-61-39-54(52-35-49(45-21-9-3-10-22-45)32-50(36-52)46-23-11-4-12-24-46)40-62-69-64(29-30-68-70(69)56-26-14-16-28-67(56)75-68)74(72(61)62)66(58)42-57(65)60(38-53)71(59)73/h1-42H. The molecule has 0 bridgehead atoms. The lowest BCUT2D eigenvalue weighted by molar-refractivity contribution is 1.36. The molecule has 346 valence electrons. The molecule has 3 heteroatoms. The fourth-order valence-corrected chi connectivity index (χ4v) is 14.1. The van der Waals surface area contributed by atoms with Gasteiger partial charge in [0, 0.05) is 63.3 Å². The van der Waals surface area contributed by atoms with Crippen LogP contribution in [0.5, 0.6) is 0 Å². The number of fused-ring (bicyclic) bond motifs is 16. The highest BCUT2D eigenvalue weighted by Crippen LogP contribution is 2.50. The highest BCUT2D eigenvalue weighted by molar-refractivity contribution is 7.26. The Morgan fingerprint density at radius 2 is 0.573 bits per heavy atom. The number of thiophene rings is 1. The maximum absolute atomic E-state index is 2.60. The first-order valence-electron chi connectivity index (χ1n) is 25.9. The Hall–Kier alpha value is -9.54. The molecule has 0 amide bonds. The van der Waals surface area contributed by atoms with E-state index in [1.807, 2.05) is 11.3 Å². The fourth-order valence-electron chi connectivity index (χ4n) is 12.9. The summed E-state index contributed by atoms with van der Waals surface area (Å²) in [6.45, 7) is 0. The first-order chi connectivity index (χ1) is 37.2. The third kappa shape index (κ3) is 5.96. The van der Waals surface area contributed by atoms with Crippen LogP contribution < -0.4 is 0 Å². The van der Waals surface area contributed by atoms with Crippen molar-refractivity contribution in [2.45, 2.75) is 0 Å². The minimum absolute atomic E-state index is 1.20. The summed E-state index contributed by atoms with van der Waals surface area (Å²) in [7, 11) is 0. The number of rotatable bonds is 6. The quantitative estimate of drug-likeness (QED) is 0.157. The molecule has 0 aliphatic rings. The zero-order valence-corrected chi connectivity index (χ0v) is 41.4. The molecule has 2 nitrogen and oxygen atoms in total. The second-order valence-corrected chi connectivity index (χ2v) is 21.5. The van der Waals surface area contributed by atoms with Crippen LogP contribution >= 0.6 is 11.3 Å². The summed E-state index contributed by atoms with van der Waals surface area (Å²) in [5, 5.41) is 12.9. The van der Waals surface area contributed by atoms with Crippen LogP contribution in [0.2, 0.25) is 0 Å². The van der Waals surface area contributed by atoms with E-state index in [2.05, 4.69) is 264 Å². The Bertz CT molecular complexity index is 5030. The molecule has 17 aromatic rings. The van der Waals surface area contributed by atoms with Gasteiger partial charge in [0.1, 0.15) is 0 Å². The third-order valence-electron chi connectivity index (χ3n) is 16.3. The topological polar surface area (TPSA) is 8.82 Å². The van der Waals surface area contributed by atoms with Gasteiger partial charge in [-0.25, -0.2) is 0 Å². The lowest BCUT2D eigenvalue weighted by Gasteiger charge is -2.12. The maximum atomic E-state index is 2.60. The summed E-state index contributed by atoms with van der Waals surface area (Å²) in [4.78, 5) is 0. The number of benzene rings is 12. The van der Waals surface area contributed by atoms with Gasteiger partial charge < -0.3 is 8.80 Å². The van der Waals surface area contributed by atoms with Crippen molar-refractivity contribution in [1.29, 1.82) is 0 Å². The number of para-hydroxylation sites is 1. The molecule has 0 radical (unpaired) electrons. The minimum Gasteiger partial charge on any atom is -0.308 e. The molecule has 0 aliphatic heterocycles. The van der Waals surface area contributed by atoms with Gasteiger partial charge in [0.15, 0.2) is 0 Å². The third-order valence-corrected chi connectivity index (χ3v) is 17.4. The van der Waals surface area contributed by atoms with Crippen molar-refractivity contribution in [2.24, 2.45) is 0 Å². The molecular weight excluding hydrogens is 925 g/mol. The first-order valence-corrected chi connectivity index (χ1v) is 26.7. The van der Waals surface area contributed by atoms with Crippen LogP contribution in [0.15, 0.2) is 255 Å². The lowest BCUT2D eigenvalue weighted by Crippen LogP contribution is -1.86. The van der Waals surface area contributed by atoms with Gasteiger partial charge in [0.05, 0.1) is 33.1 Å². The summed E-state index contributed by atoms with van der Waals surface area (Å²) in [6.07, 6.45) is 0. The largest absolute Gasteiger partial charge is 0.308 e. The molecule has 5 heterocycles. The molecular formula is C72H42N2S. The predicted octanol–water partition coefficient (Wildman–Crippen LogP) is 20.4. The molecule has 0 aliphatic carbocycles. The van der Waals surface area contributed by atoms with Crippen LogP contribution in [0.3, 0.4) is 0 Å². The zero-order valence-electron chi connectivity index (χ0n) is 40.6. The molecule has 0 atom stereocenters. The van der Waals surface area contributed by atoms with Gasteiger partial charge in [-0.05, 0) is 164 Å². The van der Waals surface area contributed by atoms with E-state index in [9.17, 15) is 0 Å². The zero-order chi connectivity index (χ0) is 48.9. The number of nitrogens with zero attached hydrogens (tertiary/aromatic N) is 2. The Kier molecular flexibility index (Phi) is 8.46. The van der Waals surface area contributed by atoms with Crippen molar-refractivity contribution < 1.29 is 0 Å². The van der Waals surface area contributed by atoms with Gasteiger partial charge in [0.25, 0.3) is 0 Å². The van der Waals surface area contributed by atoms with Crippen LogP contribution in [-0.4, -0.2) is 8.80 Å². The Morgan fingerprint density at radius 1 is 0.200 bits per heavy atom. The molecule has 75 heavy (non-hydrogen) atoms. The Morgan fingerprint density at radius 3 is 1.08 bits per heavy atom. The van der Waals surface area contributed by atoms with Crippen molar-refractivity contribution in [3.63, 3.8) is 0 Å². The van der Waals surface area contributed by atoms with E-state index in [0.717, 1.165) is 0 Å².